The zero-order valence-corrected chi connectivity index (χ0v) is 15.3. The third kappa shape index (κ3) is 4.64. The highest BCUT2D eigenvalue weighted by Crippen LogP contribution is 2.25. The van der Waals surface area contributed by atoms with E-state index in [4.69, 9.17) is 9.15 Å². The molecule has 0 N–H and O–H groups in total. The molecule has 25 heavy (non-hydrogen) atoms. The molecule has 2 aromatic heterocycles. The van der Waals surface area contributed by atoms with E-state index in [1.165, 1.54) is 18.2 Å². The van der Waals surface area contributed by atoms with Crippen LogP contribution in [0.4, 0.5) is 0 Å². The second-order valence-electron chi connectivity index (χ2n) is 6.01. The molecule has 1 fully saturated rings. The van der Waals surface area contributed by atoms with Gasteiger partial charge in [-0.3, -0.25) is 9.36 Å². The summed E-state index contributed by atoms with van der Waals surface area (Å²) in [6.07, 6.45) is 5.89. The van der Waals surface area contributed by atoms with Gasteiger partial charge in [0.25, 0.3) is 0 Å². The molecule has 2 aromatic rings. The summed E-state index contributed by atoms with van der Waals surface area (Å²) in [5, 5.41) is 9.28. The van der Waals surface area contributed by atoms with Gasteiger partial charge in [-0.1, -0.05) is 11.8 Å². The summed E-state index contributed by atoms with van der Waals surface area (Å²) in [6.45, 7) is 3.12. The van der Waals surface area contributed by atoms with Crippen molar-refractivity contribution in [3.05, 3.63) is 18.4 Å². The third-order valence-electron chi connectivity index (χ3n) is 4.22. The van der Waals surface area contributed by atoms with Crippen LogP contribution in [0.5, 0.6) is 0 Å². The normalized spacial score (nSPS) is 14.8. The number of furan rings is 1. The number of hydrogen-bond acceptors (Lipinski definition) is 6. The average Bonchev–Trinajstić information content (AvgIpc) is 3.30. The Kier molecular flexibility index (Phi) is 6.52. The minimum Gasteiger partial charge on any atom is -0.461 e. The summed E-state index contributed by atoms with van der Waals surface area (Å²) in [6, 6.07) is 3.69. The Hall–Kier alpha value is -1.80. The fraction of sp³-hybridized carbons (Fsp3) is 0.588. The monoisotopic (exact) mass is 364 g/mol. The van der Waals surface area contributed by atoms with Crippen molar-refractivity contribution in [1.29, 1.82) is 0 Å². The van der Waals surface area contributed by atoms with E-state index in [0.29, 0.717) is 23.9 Å². The number of methoxy groups -OCH3 is 1. The van der Waals surface area contributed by atoms with Crippen molar-refractivity contribution in [3.63, 3.8) is 0 Å². The molecule has 136 valence electrons. The van der Waals surface area contributed by atoms with Gasteiger partial charge in [-0.05, 0) is 37.8 Å². The molecule has 0 bridgehead atoms. The van der Waals surface area contributed by atoms with Gasteiger partial charge in [-0.2, -0.15) is 0 Å². The number of piperidine rings is 1. The lowest BCUT2D eigenvalue weighted by molar-refractivity contribution is -0.129. The number of aromatic nitrogens is 3. The van der Waals surface area contributed by atoms with Gasteiger partial charge in [-0.25, -0.2) is 0 Å². The van der Waals surface area contributed by atoms with Crippen LogP contribution in [0.2, 0.25) is 0 Å². The average molecular weight is 364 g/mol. The molecule has 0 aliphatic carbocycles. The minimum atomic E-state index is 0.177. The highest BCUT2D eigenvalue weighted by molar-refractivity contribution is 7.99. The molecule has 1 saturated heterocycles. The number of amides is 1. The fourth-order valence-electron chi connectivity index (χ4n) is 2.91. The molecule has 1 aliphatic heterocycles. The van der Waals surface area contributed by atoms with Crippen LogP contribution in [0, 0.1) is 0 Å². The van der Waals surface area contributed by atoms with E-state index in [9.17, 15) is 4.79 Å². The first-order valence-corrected chi connectivity index (χ1v) is 9.64. The van der Waals surface area contributed by atoms with Crippen molar-refractivity contribution in [2.45, 2.75) is 37.4 Å². The SMILES string of the molecule is COCCCn1c(SCC(=O)N2CCCCC2)nnc1-c1ccco1. The van der Waals surface area contributed by atoms with E-state index in [2.05, 4.69) is 10.2 Å². The lowest BCUT2D eigenvalue weighted by atomic mass is 10.1. The van der Waals surface area contributed by atoms with Crippen LogP contribution >= 0.6 is 11.8 Å². The second kappa shape index (κ2) is 9.05. The molecule has 0 unspecified atom stereocenters. The van der Waals surface area contributed by atoms with Gasteiger partial charge in [0.05, 0.1) is 12.0 Å². The third-order valence-corrected chi connectivity index (χ3v) is 5.17. The van der Waals surface area contributed by atoms with E-state index in [1.54, 1.807) is 13.4 Å². The largest absolute Gasteiger partial charge is 0.461 e. The predicted octanol–water partition coefficient (Wildman–Crippen LogP) is 2.68. The fourth-order valence-corrected chi connectivity index (χ4v) is 3.78. The van der Waals surface area contributed by atoms with Gasteiger partial charge >= 0.3 is 0 Å². The first-order chi connectivity index (χ1) is 12.3. The van der Waals surface area contributed by atoms with Gasteiger partial charge in [-0.15, -0.1) is 10.2 Å². The first-order valence-electron chi connectivity index (χ1n) is 8.66. The smallest absolute Gasteiger partial charge is 0.233 e. The molecule has 3 heterocycles. The van der Waals surface area contributed by atoms with Crippen molar-refractivity contribution in [2.75, 3.05) is 32.6 Å². The van der Waals surface area contributed by atoms with Gasteiger partial charge in [0.2, 0.25) is 5.91 Å². The molecular formula is C17H24N4O3S. The summed E-state index contributed by atoms with van der Waals surface area (Å²) >= 11 is 1.44. The van der Waals surface area contributed by atoms with E-state index in [-0.39, 0.29) is 5.91 Å². The van der Waals surface area contributed by atoms with Gasteiger partial charge in [0, 0.05) is 33.4 Å². The van der Waals surface area contributed by atoms with Gasteiger partial charge in [0.15, 0.2) is 16.7 Å². The lowest BCUT2D eigenvalue weighted by Crippen LogP contribution is -2.36. The van der Waals surface area contributed by atoms with E-state index < -0.39 is 0 Å². The predicted molar refractivity (Wildman–Crippen MR) is 95.4 cm³/mol. The van der Waals surface area contributed by atoms with Crippen LogP contribution in [0.25, 0.3) is 11.6 Å². The lowest BCUT2D eigenvalue weighted by Gasteiger charge is -2.26. The van der Waals surface area contributed by atoms with Crippen molar-refractivity contribution in [3.8, 4) is 11.6 Å². The maximum atomic E-state index is 12.4. The number of nitrogens with zero attached hydrogens (tertiary/aromatic N) is 4. The number of rotatable bonds is 8. The van der Waals surface area contributed by atoms with E-state index >= 15 is 0 Å². The van der Waals surface area contributed by atoms with Gasteiger partial charge in [0.1, 0.15) is 0 Å². The molecule has 3 rings (SSSR count). The molecule has 1 aliphatic rings. The standard InChI is InChI=1S/C17H24N4O3S/c1-23-11-6-10-21-16(14-7-5-12-24-14)18-19-17(21)25-13-15(22)20-8-3-2-4-9-20/h5,7,12H,2-4,6,8-11,13H2,1H3. The summed E-state index contributed by atoms with van der Waals surface area (Å²) < 4.78 is 12.6. The van der Waals surface area contributed by atoms with E-state index in [1.807, 2.05) is 21.6 Å². The zero-order chi connectivity index (χ0) is 17.5. The topological polar surface area (TPSA) is 73.4 Å². The van der Waals surface area contributed by atoms with Crippen LogP contribution in [-0.2, 0) is 16.1 Å². The maximum Gasteiger partial charge on any atom is 0.233 e. The molecule has 1 amide bonds. The van der Waals surface area contributed by atoms with Crippen molar-refractivity contribution >= 4 is 17.7 Å². The van der Waals surface area contributed by atoms with Crippen LogP contribution in [0.1, 0.15) is 25.7 Å². The highest BCUT2D eigenvalue weighted by atomic mass is 32.2. The summed E-state index contributed by atoms with van der Waals surface area (Å²) in [5.41, 5.74) is 0. The quantitative estimate of drug-likeness (QED) is 0.530. The summed E-state index contributed by atoms with van der Waals surface area (Å²) in [5.74, 6) is 1.93. The van der Waals surface area contributed by atoms with Crippen LogP contribution < -0.4 is 0 Å². The van der Waals surface area contributed by atoms with Crippen LogP contribution in [-0.4, -0.2) is 58.1 Å². The zero-order valence-electron chi connectivity index (χ0n) is 14.5. The number of ether oxygens (including phenoxy) is 1. The molecule has 0 radical (unpaired) electrons. The Morgan fingerprint density at radius 1 is 1.32 bits per heavy atom. The number of carbonyl (C=O) groups is 1. The van der Waals surface area contributed by atoms with Gasteiger partial charge < -0.3 is 14.1 Å². The molecule has 8 heteroatoms. The maximum absolute atomic E-state index is 12.4. The Labute approximate surface area is 151 Å². The summed E-state index contributed by atoms with van der Waals surface area (Å²) in [4.78, 5) is 14.3. The minimum absolute atomic E-state index is 0.177. The molecular weight excluding hydrogens is 340 g/mol. The molecule has 0 atom stereocenters. The number of hydrogen-bond donors (Lipinski definition) is 0. The number of carbonyl (C=O) groups excluding carboxylic acids is 1. The van der Waals surface area contributed by atoms with E-state index in [0.717, 1.165) is 44.1 Å². The number of thioether (sulfide) groups is 1. The Bertz CT molecular complexity index is 665. The second-order valence-corrected chi connectivity index (χ2v) is 6.95. The number of likely N-dealkylation sites (tertiary alicyclic amines) is 1. The van der Waals surface area contributed by atoms with Crippen molar-refractivity contribution < 1.29 is 13.9 Å². The van der Waals surface area contributed by atoms with Crippen molar-refractivity contribution in [2.24, 2.45) is 0 Å². The molecule has 0 aromatic carbocycles. The Morgan fingerprint density at radius 3 is 2.88 bits per heavy atom. The molecule has 0 spiro atoms. The highest BCUT2D eigenvalue weighted by Gasteiger charge is 2.20. The molecule has 7 nitrogen and oxygen atoms in total. The summed E-state index contributed by atoms with van der Waals surface area (Å²) in [7, 11) is 1.69. The molecule has 0 saturated carbocycles. The first kappa shape index (κ1) is 18.0. The Balaban J connectivity index is 1.68. The van der Waals surface area contributed by atoms with Crippen molar-refractivity contribution in [1.82, 2.24) is 19.7 Å². The van der Waals surface area contributed by atoms with Crippen LogP contribution in [0.3, 0.4) is 0 Å². The Morgan fingerprint density at radius 2 is 2.16 bits per heavy atom. The van der Waals surface area contributed by atoms with Crippen LogP contribution in [0.15, 0.2) is 28.0 Å².